The van der Waals surface area contributed by atoms with Gasteiger partial charge < -0.3 is 116 Å². The van der Waals surface area contributed by atoms with Crippen molar-refractivity contribution >= 4 is 71.0 Å². The lowest BCUT2D eigenvalue weighted by Crippen LogP contribution is -2.63. The number of amides is 10. The van der Waals surface area contributed by atoms with Crippen LogP contribution in [0.4, 0.5) is 0 Å². The molecule has 4 heterocycles. The lowest BCUT2D eigenvalue weighted by molar-refractivity contribution is -0.143. The number of carboxylic acids is 1. The van der Waals surface area contributed by atoms with Gasteiger partial charge in [0.25, 0.3) is 0 Å². The molecule has 0 saturated heterocycles. The molecule has 0 fully saturated rings. The first-order valence-electron chi connectivity index (χ1n) is 31.7. The number of aliphatic hydroxyl groups excluding tert-OH is 3. The Kier molecular flexibility index (Phi) is 33.2. The van der Waals surface area contributed by atoms with E-state index in [2.05, 4.69) is 98.4 Å². The maximum Gasteiger partial charge on any atom is 0.326 e. The number of rotatable bonds is 44. The van der Waals surface area contributed by atoms with Crippen molar-refractivity contribution < 1.29 is 73.2 Å². The molecule has 38 heteroatoms. The van der Waals surface area contributed by atoms with Crippen molar-refractivity contribution in [2.24, 2.45) is 29.0 Å². The van der Waals surface area contributed by atoms with E-state index in [-0.39, 0.29) is 87.7 Å². The Morgan fingerprint density at radius 2 is 0.784 bits per heavy atom. The van der Waals surface area contributed by atoms with Crippen molar-refractivity contribution in [3.63, 3.8) is 0 Å². The molecule has 4 aromatic rings. The molecule has 0 spiro atoms. The van der Waals surface area contributed by atoms with Crippen LogP contribution in [-0.4, -0.2) is 230 Å². The van der Waals surface area contributed by atoms with Crippen LogP contribution in [0.3, 0.4) is 0 Å². The fourth-order valence-corrected chi connectivity index (χ4v) is 9.83. The molecule has 10 amide bonds. The van der Waals surface area contributed by atoms with Gasteiger partial charge in [-0.2, -0.15) is 0 Å². The van der Waals surface area contributed by atoms with Gasteiger partial charge in [0.15, 0.2) is 5.96 Å². The molecule has 38 nitrogen and oxygen atoms in total. The number of imidazole rings is 4. The molecule has 97 heavy (non-hydrogen) atoms. The zero-order valence-corrected chi connectivity index (χ0v) is 55.0. The number of carbonyl (C=O) groups excluding carboxylic acids is 10. The second-order valence-electron chi connectivity index (χ2n) is 24.2. The van der Waals surface area contributed by atoms with E-state index in [1.807, 2.05) is 13.8 Å². The lowest BCUT2D eigenvalue weighted by atomic mass is 10.0. The van der Waals surface area contributed by atoms with Crippen LogP contribution in [0.5, 0.6) is 0 Å². The zero-order valence-electron chi connectivity index (χ0n) is 55.0. The number of unbranched alkanes of at least 4 members (excludes halogenated alkanes) is 1. The minimum Gasteiger partial charge on any atom is -0.480 e. The van der Waals surface area contributed by atoms with E-state index in [9.17, 15) is 73.2 Å². The summed E-state index contributed by atoms with van der Waals surface area (Å²) in [5.41, 5.74) is 18.7. The lowest BCUT2D eigenvalue weighted by Gasteiger charge is -2.29. The quantitative estimate of drug-likeness (QED) is 0.0111. The summed E-state index contributed by atoms with van der Waals surface area (Å²) in [5, 5.41) is 76.5. The number of nitrogens with two attached hydrogens (primary N) is 3. The van der Waals surface area contributed by atoms with E-state index in [0.717, 1.165) is 13.8 Å². The van der Waals surface area contributed by atoms with E-state index < -0.39 is 156 Å². The van der Waals surface area contributed by atoms with Gasteiger partial charge in [-0.3, -0.25) is 53.4 Å². The van der Waals surface area contributed by atoms with E-state index in [1.54, 1.807) is 13.8 Å². The maximum absolute atomic E-state index is 14.7. The van der Waals surface area contributed by atoms with Crippen LogP contribution >= 0.6 is 0 Å². The Hall–Kier alpha value is -9.92. The number of nitrogens with one attached hydrogen (secondary N) is 16. The minimum absolute atomic E-state index is 0.0104. The largest absolute Gasteiger partial charge is 0.480 e. The molecule has 0 aliphatic heterocycles. The number of aliphatic hydroxyl groups is 3. The molecule has 0 aliphatic carbocycles. The molecule has 0 saturated carbocycles. The first-order valence-corrected chi connectivity index (χ1v) is 31.7. The molecule has 4 aromatic heterocycles. The standard InChI is InChI=1S/C59H95N23O15/c1-29(2)14-37(61)48(86)75-41(16-33-20-64-25-69-33)52(90)73-38(10-7-8-12-60)49(87)77-42(17-34-21-65-26-70-34)54(92)78-43(18-35-22-66-27-71-35)53(91)76-40(15-30(3)4)51(89)74-39(11-9-13-68-59(62)63)50(88)80-45(24-83)55(93)81-47(32(6)85)57(95)82-46(31(5)84)56(94)79-44(58(96)97)19-36-23-67-28-72-36/h20-23,25-32,37-47,83-85H,7-19,24,60-61H2,1-6H3,(H,64,69)(H,65,70)(H,66,71)(H,67,72)(H,73,90)(H,74,89)(H,75,86)(H,76,91)(H,77,87)(H,78,92)(H,79,94)(H,80,88)(H,81,93)(H,82,95)(H,96,97)(H4,62,63,68)/t31-,32-,37+,38+,39+,40+,41+,42+,43+,44+,45+,46+,47+/m1/s1. The maximum atomic E-state index is 14.7. The molecule has 536 valence electrons. The average molecular weight is 1370 g/mol. The number of aromatic amines is 4. The Morgan fingerprint density at radius 1 is 0.454 bits per heavy atom. The van der Waals surface area contributed by atoms with Crippen LogP contribution in [0.2, 0.25) is 0 Å². The number of nitrogens with zero attached hydrogens (tertiary/aromatic N) is 4. The SMILES string of the molecule is CC(C)C[C@H](NC(=O)[C@H](Cc1c[nH]cn1)NC(=O)[C@H](Cc1c[nH]cn1)NC(=O)[C@H](CCCCN)NC(=O)[C@H](Cc1c[nH]cn1)NC(=O)[C@@H](N)CC(C)C)C(=O)N[C@@H](CCCNC(=N)N)C(=O)N[C@@H](CO)C(=O)N[C@H](C(=O)N[C@H](C(=O)N[C@@H](Cc1c[nH]cn1)C(=O)O)[C@@H](C)O)[C@@H](C)O. The number of aromatic nitrogens is 8. The van der Waals surface area contributed by atoms with Gasteiger partial charge in [-0.1, -0.05) is 27.7 Å². The van der Waals surface area contributed by atoms with Gasteiger partial charge in [-0.25, -0.2) is 24.7 Å². The van der Waals surface area contributed by atoms with Crippen LogP contribution in [-0.2, 0) is 78.4 Å². The third kappa shape index (κ3) is 27.8. The molecule has 0 unspecified atom stereocenters. The summed E-state index contributed by atoms with van der Waals surface area (Å²) in [7, 11) is 0. The molecule has 0 aromatic carbocycles. The second kappa shape index (κ2) is 40.5. The summed E-state index contributed by atoms with van der Waals surface area (Å²) in [6, 6.07) is -16.9. The van der Waals surface area contributed by atoms with E-state index in [4.69, 9.17) is 22.6 Å². The number of H-pyrrole nitrogens is 4. The van der Waals surface area contributed by atoms with Crippen molar-refractivity contribution in [3.05, 3.63) is 72.9 Å². The molecule has 26 N–H and O–H groups in total. The molecule has 0 aliphatic rings. The Morgan fingerprint density at radius 3 is 1.15 bits per heavy atom. The summed E-state index contributed by atoms with van der Waals surface area (Å²) in [4.78, 5) is 181. The highest BCUT2D eigenvalue weighted by atomic mass is 16.4. The minimum atomic E-state index is -1.94. The normalized spacial score (nSPS) is 15.4. The number of hydrogen-bond donors (Lipinski definition) is 23. The highest BCUT2D eigenvalue weighted by Gasteiger charge is 2.39. The van der Waals surface area contributed by atoms with E-state index in [0.29, 0.717) is 30.7 Å². The zero-order chi connectivity index (χ0) is 71.9. The van der Waals surface area contributed by atoms with Crippen LogP contribution in [0.15, 0.2) is 50.1 Å². The van der Waals surface area contributed by atoms with Gasteiger partial charge in [0.05, 0.1) is 72.9 Å². The highest BCUT2D eigenvalue weighted by molar-refractivity contribution is 5.99. The van der Waals surface area contributed by atoms with Gasteiger partial charge in [-0.05, 0) is 77.2 Å². The van der Waals surface area contributed by atoms with Crippen LogP contribution in [0, 0.1) is 17.2 Å². The average Bonchev–Trinajstić information content (AvgIpc) is 1.51. The fourth-order valence-electron chi connectivity index (χ4n) is 9.83. The Bertz CT molecular complexity index is 3150. The fraction of sp³-hybridized carbons (Fsp3) is 0.593. The van der Waals surface area contributed by atoms with Gasteiger partial charge >= 0.3 is 5.97 Å². The highest BCUT2D eigenvalue weighted by Crippen LogP contribution is 2.13. The summed E-state index contributed by atoms with van der Waals surface area (Å²) < 4.78 is 0. The molecular formula is C59H95N23O15. The second-order valence-corrected chi connectivity index (χ2v) is 24.2. The number of aliphatic carboxylic acids is 1. The van der Waals surface area contributed by atoms with Gasteiger partial charge in [0.2, 0.25) is 59.1 Å². The molecule has 0 radical (unpaired) electrons. The predicted octanol–water partition coefficient (Wildman–Crippen LogP) is -6.65. The topological polar surface area (TPSA) is 618 Å². The third-order valence-corrected chi connectivity index (χ3v) is 14.9. The summed E-state index contributed by atoms with van der Waals surface area (Å²) in [6.45, 7) is 8.49. The van der Waals surface area contributed by atoms with Crippen molar-refractivity contribution in [2.75, 3.05) is 19.7 Å². The van der Waals surface area contributed by atoms with Crippen molar-refractivity contribution in [1.82, 2.24) is 98.4 Å². The van der Waals surface area contributed by atoms with Crippen LogP contribution in [0.1, 0.15) is 109 Å². The van der Waals surface area contributed by atoms with Gasteiger partial charge in [0, 0.05) is 57.0 Å². The Balaban J connectivity index is 1.59. The van der Waals surface area contributed by atoms with Crippen molar-refractivity contribution in [2.45, 2.75) is 191 Å². The molecule has 4 rings (SSSR count). The van der Waals surface area contributed by atoms with E-state index >= 15 is 0 Å². The number of hydrogen-bond acceptors (Lipinski definition) is 21. The third-order valence-electron chi connectivity index (χ3n) is 14.9. The number of guanidine groups is 1. The molecule has 0 bridgehead atoms. The van der Waals surface area contributed by atoms with Gasteiger partial charge in [0.1, 0.15) is 60.4 Å². The van der Waals surface area contributed by atoms with Crippen LogP contribution < -0.4 is 75.7 Å². The Labute approximate surface area is 558 Å². The van der Waals surface area contributed by atoms with Crippen molar-refractivity contribution in [1.29, 1.82) is 5.41 Å². The molecular weight excluding hydrogens is 1270 g/mol. The number of carboxylic acid groups (broad SMARTS) is 1. The van der Waals surface area contributed by atoms with E-state index in [1.165, 1.54) is 50.1 Å². The predicted molar refractivity (Wildman–Crippen MR) is 345 cm³/mol. The van der Waals surface area contributed by atoms with Crippen LogP contribution in [0.25, 0.3) is 0 Å². The summed E-state index contributed by atoms with van der Waals surface area (Å²) in [5.74, 6) is -12.0. The van der Waals surface area contributed by atoms with Crippen molar-refractivity contribution in [3.8, 4) is 0 Å². The smallest absolute Gasteiger partial charge is 0.326 e. The summed E-state index contributed by atoms with van der Waals surface area (Å²) in [6.07, 6.45) is 7.64. The number of carbonyl (C=O) groups is 11. The first-order chi connectivity index (χ1) is 46.0. The first kappa shape index (κ1) is 79.5. The molecule has 13 atom stereocenters. The summed E-state index contributed by atoms with van der Waals surface area (Å²) >= 11 is 0. The monoisotopic (exact) mass is 1370 g/mol. The van der Waals surface area contributed by atoms with Gasteiger partial charge in [-0.15, -0.1) is 0 Å².